The van der Waals surface area contributed by atoms with Gasteiger partial charge in [-0.05, 0) is 43.0 Å². The summed E-state index contributed by atoms with van der Waals surface area (Å²) in [7, 11) is 0. The number of benzene rings is 1. The molecule has 1 aliphatic heterocycles. The van der Waals surface area contributed by atoms with Crippen molar-refractivity contribution < 1.29 is 9.53 Å². The molecule has 2 N–H and O–H groups in total. The van der Waals surface area contributed by atoms with Gasteiger partial charge in [0, 0.05) is 24.7 Å². The van der Waals surface area contributed by atoms with Crippen molar-refractivity contribution in [3.05, 3.63) is 42.1 Å². The molecule has 2 amide bonds. The lowest BCUT2D eigenvalue weighted by Gasteiger charge is -2.23. The quantitative estimate of drug-likeness (QED) is 0.892. The van der Waals surface area contributed by atoms with Gasteiger partial charge < -0.3 is 15.4 Å². The summed E-state index contributed by atoms with van der Waals surface area (Å²) in [6.07, 6.45) is 4.91. The van der Waals surface area contributed by atoms with Crippen LogP contribution < -0.4 is 10.6 Å². The Hall–Kier alpha value is -2.14. The number of aromatic nitrogens is 1. The Labute approximate surface area is 136 Å². The Bertz CT molecular complexity index is 668. The molecule has 1 aromatic carbocycles. The van der Waals surface area contributed by atoms with Crippen molar-refractivity contribution in [3.8, 4) is 0 Å². The number of amides is 2. The topological polar surface area (TPSA) is 63.2 Å². The van der Waals surface area contributed by atoms with E-state index in [1.165, 1.54) is 0 Å². The SMILES string of the molecule is CC[C@H](NC(=O)NCc1ccc2ncccc2c1)[C@@H]1CCCO1. The third-order valence-electron chi connectivity index (χ3n) is 4.29. The van der Waals surface area contributed by atoms with E-state index in [0.29, 0.717) is 6.54 Å². The molecular weight excluding hydrogens is 290 g/mol. The number of nitrogens with one attached hydrogen (secondary N) is 2. The maximum Gasteiger partial charge on any atom is 0.315 e. The highest BCUT2D eigenvalue weighted by Crippen LogP contribution is 2.17. The van der Waals surface area contributed by atoms with Gasteiger partial charge in [0.1, 0.15) is 0 Å². The smallest absolute Gasteiger partial charge is 0.315 e. The van der Waals surface area contributed by atoms with Crippen LogP contribution in [0, 0.1) is 0 Å². The van der Waals surface area contributed by atoms with Gasteiger partial charge in [-0.2, -0.15) is 0 Å². The van der Waals surface area contributed by atoms with Gasteiger partial charge in [-0.3, -0.25) is 4.98 Å². The standard InChI is InChI=1S/C18H23N3O2/c1-2-15(17-6-4-10-23-17)21-18(22)20-12-13-7-8-16-14(11-13)5-3-9-19-16/h3,5,7-9,11,15,17H,2,4,6,10,12H2,1H3,(H2,20,21,22)/t15-,17-/m0/s1. The molecule has 1 fully saturated rings. The van der Waals surface area contributed by atoms with Crippen LogP contribution in [0.5, 0.6) is 0 Å². The summed E-state index contributed by atoms with van der Waals surface area (Å²) >= 11 is 0. The van der Waals surface area contributed by atoms with E-state index in [9.17, 15) is 4.79 Å². The van der Waals surface area contributed by atoms with E-state index in [-0.39, 0.29) is 18.2 Å². The predicted octanol–water partition coefficient (Wildman–Crippen LogP) is 2.99. The van der Waals surface area contributed by atoms with E-state index < -0.39 is 0 Å². The number of rotatable bonds is 5. The van der Waals surface area contributed by atoms with Gasteiger partial charge in [0.15, 0.2) is 0 Å². The second kappa shape index (κ2) is 7.42. The van der Waals surface area contributed by atoms with E-state index in [0.717, 1.165) is 42.3 Å². The first kappa shape index (κ1) is 15.7. The molecule has 23 heavy (non-hydrogen) atoms. The molecule has 0 spiro atoms. The molecule has 1 saturated heterocycles. The Balaban J connectivity index is 1.54. The molecule has 0 unspecified atom stereocenters. The molecule has 0 aliphatic carbocycles. The van der Waals surface area contributed by atoms with Crippen molar-refractivity contribution in [1.29, 1.82) is 0 Å². The Morgan fingerprint density at radius 2 is 2.35 bits per heavy atom. The van der Waals surface area contributed by atoms with Crippen LogP contribution in [0.1, 0.15) is 31.7 Å². The second-order valence-electron chi connectivity index (χ2n) is 5.92. The fourth-order valence-corrected chi connectivity index (χ4v) is 3.01. The molecule has 0 bridgehead atoms. The highest BCUT2D eigenvalue weighted by molar-refractivity contribution is 5.79. The Kier molecular flexibility index (Phi) is 5.08. The van der Waals surface area contributed by atoms with Crippen LogP contribution in [0.25, 0.3) is 10.9 Å². The van der Waals surface area contributed by atoms with Crippen molar-refractivity contribution >= 4 is 16.9 Å². The zero-order valence-corrected chi connectivity index (χ0v) is 13.4. The number of urea groups is 1. The van der Waals surface area contributed by atoms with Gasteiger partial charge in [0.2, 0.25) is 0 Å². The van der Waals surface area contributed by atoms with Crippen LogP contribution in [0.4, 0.5) is 4.79 Å². The molecule has 0 radical (unpaired) electrons. The number of carbonyl (C=O) groups is 1. The minimum Gasteiger partial charge on any atom is -0.376 e. The number of carbonyl (C=O) groups excluding carboxylic acids is 1. The lowest BCUT2D eigenvalue weighted by molar-refractivity contribution is 0.0796. The van der Waals surface area contributed by atoms with Crippen molar-refractivity contribution in [2.75, 3.05) is 6.61 Å². The van der Waals surface area contributed by atoms with E-state index >= 15 is 0 Å². The summed E-state index contributed by atoms with van der Waals surface area (Å²) in [4.78, 5) is 16.4. The fourth-order valence-electron chi connectivity index (χ4n) is 3.01. The Morgan fingerprint density at radius 1 is 1.43 bits per heavy atom. The van der Waals surface area contributed by atoms with E-state index in [2.05, 4.69) is 28.6 Å². The number of pyridine rings is 1. The summed E-state index contributed by atoms with van der Waals surface area (Å²) in [6.45, 7) is 3.37. The maximum atomic E-state index is 12.1. The summed E-state index contributed by atoms with van der Waals surface area (Å²) in [6, 6.07) is 9.91. The van der Waals surface area contributed by atoms with E-state index in [1.807, 2.05) is 24.3 Å². The van der Waals surface area contributed by atoms with Gasteiger partial charge in [-0.25, -0.2) is 4.79 Å². The highest BCUT2D eigenvalue weighted by Gasteiger charge is 2.25. The van der Waals surface area contributed by atoms with E-state index in [1.54, 1.807) is 6.20 Å². The predicted molar refractivity (Wildman–Crippen MR) is 90.2 cm³/mol. The molecule has 5 nitrogen and oxygen atoms in total. The van der Waals surface area contributed by atoms with Crippen molar-refractivity contribution in [2.45, 2.75) is 44.9 Å². The zero-order valence-electron chi connectivity index (χ0n) is 13.4. The fraction of sp³-hybridized carbons (Fsp3) is 0.444. The third-order valence-corrected chi connectivity index (χ3v) is 4.29. The van der Waals surface area contributed by atoms with Gasteiger partial charge in [0.05, 0.1) is 17.7 Å². The number of hydrogen-bond acceptors (Lipinski definition) is 3. The molecule has 0 saturated carbocycles. The summed E-state index contributed by atoms with van der Waals surface area (Å²) in [5, 5.41) is 7.04. The largest absolute Gasteiger partial charge is 0.376 e. The summed E-state index contributed by atoms with van der Waals surface area (Å²) in [5.41, 5.74) is 2.02. The first-order valence-electron chi connectivity index (χ1n) is 8.26. The average Bonchev–Trinajstić information content (AvgIpc) is 3.12. The molecule has 1 aliphatic rings. The van der Waals surface area contributed by atoms with Crippen molar-refractivity contribution in [1.82, 2.24) is 15.6 Å². The van der Waals surface area contributed by atoms with Crippen molar-refractivity contribution in [3.63, 3.8) is 0 Å². The molecular formula is C18H23N3O2. The monoisotopic (exact) mass is 313 g/mol. The van der Waals surface area contributed by atoms with Gasteiger partial charge in [-0.1, -0.05) is 19.1 Å². The Morgan fingerprint density at radius 3 is 3.13 bits per heavy atom. The molecule has 2 aromatic rings. The van der Waals surface area contributed by atoms with Crippen LogP contribution in [0.15, 0.2) is 36.5 Å². The average molecular weight is 313 g/mol. The molecule has 122 valence electrons. The van der Waals surface area contributed by atoms with Gasteiger partial charge >= 0.3 is 6.03 Å². The molecule has 2 atom stereocenters. The van der Waals surface area contributed by atoms with Crippen LogP contribution in [-0.4, -0.2) is 29.8 Å². The molecule has 1 aromatic heterocycles. The molecule has 2 heterocycles. The van der Waals surface area contributed by atoms with Crippen LogP contribution in [-0.2, 0) is 11.3 Å². The number of nitrogens with zero attached hydrogens (tertiary/aromatic N) is 1. The number of ether oxygens (including phenoxy) is 1. The molecule has 5 heteroatoms. The lowest BCUT2D eigenvalue weighted by atomic mass is 10.1. The number of fused-ring (bicyclic) bond motifs is 1. The van der Waals surface area contributed by atoms with E-state index in [4.69, 9.17) is 4.74 Å². The normalized spacial score (nSPS) is 18.7. The third kappa shape index (κ3) is 3.99. The first-order valence-corrected chi connectivity index (χ1v) is 8.26. The minimum absolute atomic E-state index is 0.0818. The molecule has 3 rings (SSSR count). The minimum atomic E-state index is -0.140. The second-order valence-corrected chi connectivity index (χ2v) is 5.92. The van der Waals surface area contributed by atoms with Crippen LogP contribution in [0.2, 0.25) is 0 Å². The van der Waals surface area contributed by atoms with Crippen LogP contribution in [0.3, 0.4) is 0 Å². The maximum absolute atomic E-state index is 12.1. The van der Waals surface area contributed by atoms with Gasteiger partial charge in [0.25, 0.3) is 0 Å². The van der Waals surface area contributed by atoms with Crippen molar-refractivity contribution in [2.24, 2.45) is 0 Å². The highest BCUT2D eigenvalue weighted by atomic mass is 16.5. The zero-order chi connectivity index (χ0) is 16.1. The summed E-state index contributed by atoms with van der Waals surface area (Å²) in [5.74, 6) is 0. The first-order chi connectivity index (χ1) is 11.3. The van der Waals surface area contributed by atoms with Gasteiger partial charge in [-0.15, -0.1) is 0 Å². The number of hydrogen-bond donors (Lipinski definition) is 2. The summed E-state index contributed by atoms with van der Waals surface area (Å²) < 4.78 is 5.67. The lowest BCUT2D eigenvalue weighted by Crippen LogP contribution is -2.47. The van der Waals surface area contributed by atoms with Crippen LogP contribution >= 0.6 is 0 Å².